The van der Waals surface area contributed by atoms with Gasteiger partial charge in [0, 0.05) is 19.1 Å². The van der Waals surface area contributed by atoms with Gasteiger partial charge in [-0.3, -0.25) is 4.79 Å². The van der Waals surface area contributed by atoms with E-state index >= 15 is 0 Å². The number of hydrogen-bond donors (Lipinski definition) is 2. The molecular weight excluding hydrogens is 264 g/mol. The fourth-order valence-electron chi connectivity index (χ4n) is 1.98. The van der Waals surface area contributed by atoms with Crippen LogP contribution in [-0.2, 0) is 6.54 Å². The van der Waals surface area contributed by atoms with Crippen molar-refractivity contribution in [2.45, 2.75) is 39.3 Å². The van der Waals surface area contributed by atoms with E-state index in [-0.39, 0.29) is 16.6 Å². The van der Waals surface area contributed by atoms with Gasteiger partial charge in [-0.25, -0.2) is 4.68 Å². The van der Waals surface area contributed by atoms with Gasteiger partial charge in [0.25, 0.3) is 5.56 Å². The molecule has 106 valence electrons. The molecule has 0 spiro atoms. The van der Waals surface area contributed by atoms with Gasteiger partial charge in [0.1, 0.15) is 5.02 Å². The van der Waals surface area contributed by atoms with Crippen LogP contribution < -0.4 is 16.6 Å². The summed E-state index contributed by atoms with van der Waals surface area (Å²) >= 11 is 6.08. The van der Waals surface area contributed by atoms with Crippen LogP contribution in [0, 0.1) is 11.8 Å². The maximum Gasteiger partial charge on any atom is 0.287 e. The fraction of sp³-hybridized carbons (Fsp3) is 0.692. The Balaban J connectivity index is 2.05. The summed E-state index contributed by atoms with van der Waals surface area (Å²) in [5, 5.41) is 7.45. The Morgan fingerprint density at radius 3 is 2.84 bits per heavy atom. The summed E-state index contributed by atoms with van der Waals surface area (Å²) in [5.74, 6) is 0.962. The van der Waals surface area contributed by atoms with E-state index < -0.39 is 0 Å². The maximum absolute atomic E-state index is 12.0. The molecule has 1 atom stereocenters. The van der Waals surface area contributed by atoms with Crippen molar-refractivity contribution >= 4 is 17.3 Å². The second kappa shape index (κ2) is 5.92. The van der Waals surface area contributed by atoms with E-state index in [1.165, 1.54) is 17.5 Å². The first kappa shape index (κ1) is 14.3. The van der Waals surface area contributed by atoms with Gasteiger partial charge >= 0.3 is 0 Å². The molecule has 0 saturated heterocycles. The number of nitrogens with two attached hydrogens (primary N) is 1. The Bertz CT molecular complexity index is 496. The molecule has 0 aromatic carbocycles. The van der Waals surface area contributed by atoms with Crippen LogP contribution in [0.25, 0.3) is 0 Å². The highest BCUT2D eigenvalue weighted by molar-refractivity contribution is 6.32. The SMILES string of the molecule is CC(C)Cn1ncc(NCC(N)C2CC2)c(Cl)c1=O. The van der Waals surface area contributed by atoms with Gasteiger partial charge in [0.05, 0.1) is 11.9 Å². The largest absolute Gasteiger partial charge is 0.381 e. The number of hydrogen-bond acceptors (Lipinski definition) is 4. The zero-order valence-corrected chi connectivity index (χ0v) is 12.2. The van der Waals surface area contributed by atoms with Gasteiger partial charge in [-0.1, -0.05) is 25.4 Å². The lowest BCUT2D eigenvalue weighted by molar-refractivity contribution is 0.464. The van der Waals surface area contributed by atoms with Crippen molar-refractivity contribution in [3.8, 4) is 0 Å². The van der Waals surface area contributed by atoms with Crippen LogP contribution in [0.4, 0.5) is 5.69 Å². The van der Waals surface area contributed by atoms with Gasteiger partial charge in [0.2, 0.25) is 0 Å². The molecule has 1 aromatic rings. The number of halogens is 1. The molecule has 0 amide bonds. The first-order chi connectivity index (χ1) is 8.99. The molecule has 19 heavy (non-hydrogen) atoms. The molecule has 1 fully saturated rings. The van der Waals surface area contributed by atoms with Crippen LogP contribution in [-0.4, -0.2) is 22.4 Å². The summed E-state index contributed by atoms with van der Waals surface area (Å²) in [5.41, 5.74) is 6.32. The zero-order chi connectivity index (χ0) is 14.0. The maximum atomic E-state index is 12.0. The van der Waals surface area contributed by atoms with Gasteiger partial charge in [-0.15, -0.1) is 0 Å². The van der Waals surface area contributed by atoms with Crippen molar-refractivity contribution in [3.05, 3.63) is 21.6 Å². The number of nitrogens with zero attached hydrogens (tertiary/aromatic N) is 2. The smallest absolute Gasteiger partial charge is 0.287 e. The molecule has 6 heteroatoms. The predicted molar refractivity (Wildman–Crippen MR) is 77.5 cm³/mol. The lowest BCUT2D eigenvalue weighted by Crippen LogP contribution is -2.32. The second-order valence-electron chi connectivity index (χ2n) is 5.64. The zero-order valence-electron chi connectivity index (χ0n) is 11.4. The van der Waals surface area contributed by atoms with Crippen molar-refractivity contribution in [1.29, 1.82) is 0 Å². The van der Waals surface area contributed by atoms with Crippen molar-refractivity contribution in [2.75, 3.05) is 11.9 Å². The third kappa shape index (κ3) is 3.70. The molecule has 1 heterocycles. The lowest BCUT2D eigenvalue weighted by atomic mass is 10.2. The molecule has 1 aliphatic carbocycles. The Hall–Kier alpha value is -1.07. The molecule has 0 radical (unpaired) electrons. The van der Waals surface area contributed by atoms with E-state index in [1.807, 2.05) is 13.8 Å². The minimum atomic E-state index is -0.250. The van der Waals surface area contributed by atoms with Crippen LogP contribution in [0.5, 0.6) is 0 Å². The van der Waals surface area contributed by atoms with Crippen molar-refractivity contribution in [3.63, 3.8) is 0 Å². The third-order valence-corrected chi connectivity index (χ3v) is 3.64. The van der Waals surface area contributed by atoms with Crippen molar-refractivity contribution in [1.82, 2.24) is 9.78 Å². The van der Waals surface area contributed by atoms with Gasteiger partial charge in [0.15, 0.2) is 0 Å². The molecule has 5 nitrogen and oxygen atoms in total. The molecule has 1 aromatic heterocycles. The molecule has 0 bridgehead atoms. The molecular formula is C13H21ClN4O. The number of aromatic nitrogens is 2. The number of rotatable bonds is 6. The van der Waals surface area contributed by atoms with Gasteiger partial charge in [-0.05, 0) is 24.7 Å². The van der Waals surface area contributed by atoms with E-state index in [0.29, 0.717) is 30.6 Å². The van der Waals surface area contributed by atoms with Crippen LogP contribution in [0.15, 0.2) is 11.0 Å². The highest BCUT2D eigenvalue weighted by Gasteiger charge is 2.28. The predicted octanol–water partition coefficient (Wildman–Crippen LogP) is 1.70. The topological polar surface area (TPSA) is 72.9 Å². The first-order valence-electron chi connectivity index (χ1n) is 6.74. The quantitative estimate of drug-likeness (QED) is 0.834. The minimum absolute atomic E-state index is 0.120. The molecule has 3 N–H and O–H groups in total. The molecule has 2 rings (SSSR count). The Morgan fingerprint density at radius 1 is 1.58 bits per heavy atom. The molecule has 0 aliphatic heterocycles. The summed E-state index contributed by atoms with van der Waals surface area (Å²) in [4.78, 5) is 12.0. The second-order valence-corrected chi connectivity index (χ2v) is 6.01. The summed E-state index contributed by atoms with van der Waals surface area (Å²) in [7, 11) is 0. The Kier molecular flexibility index (Phi) is 4.47. The van der Waals surface area contributed by atoms with Crippen molar-refractivity contribution in [2.24, 2.45) is 17.6 Å². The summed E-state index contributed by atoms with van der Waals surface area (Å²) in [6, 6.07) is 0.120. The summed E-state index contributed by atoms with van der Waals surface area (Å²) in [6.07, 6.45) is 4.00. The lowest BCUT2D eigenvalue weighted by Gasteiger charge is -2.14. The highest BCUT2D eigenvalue weighted by Crippen LogP contribution is 2.31. The molecule has 1 aliphatic rings. The normalized spacial score (nSPS) is 16.7. The third-order valence-electron chi connectivity index (χ3n) is 3.28. The minimum Gasteiger partial charge on any atom is -0.381 e. The standard InChI is InChI=1S/C13H21ClN4O/c1-8(2)7-18-13(19)12(14)11(6-17-18)16-5-10(15)9-3-4-9/h6,8-10,16H,3-5,7,15H2,1-2H3. The van der Waals surface area contributed by atoms with E-state index in [2.05, 4.69) is 10.4 Å². The van der Waals surface area contributed by atoms with Crippen LogP contribution >= 0.6 is 11.6 Å². The van der Waals surface area contributed by atoms with Crippen LogP contribution in [0.3, 0.4) is 0 Å². The summed E-state index contributed by atoms with van der Waals surface area (Å²) in [6.45, 7) is 5.26. The van der Waals surface area contributed by atoms with Crippen LogP contribution in [0.1, 0.15) is 26.7 Å². The highest BCUT2D eigenvalue weighted by atomic mass is 35.5. The van der Waals surface area contributed by atoms with E-state index in [1.54, 1.807) is 6.20 Å². The Morgan fingerprint density at radius 2 is 2.26 bits per heavy atom. The monoisotopic (exact) mass is 284 g/mol. The number of anilines is 1. The average molecular weight is 285 g/mol. The van der Waals surface area contributed by atoms with Gasteiger partial charge < -0.3 is 11.1 Å². The van der Waals surface area contributed by atoms with E-state index in [0.717, 1.165) is 0 Å². The average Bonchev–Trinajstić information content (AvgIpc) is 3.17. The molecule has 1 unspecified atom stereocenters. The van der Waals surface area contributed by atoms with Crippen molar-refractivity contribution < 1.29 is 0 Å². The van der Waals surface area contributed by atoms with E-state index in [4.69, 9.17) is 17.3 Å². The van der Waals surface area contributed by atoms with E-state index in [9.17, 15) is 4.79 Å². The number of nitrogens with one attached hydrogen (secondary N) is 1. The first-order valence-corrected chi connectivity index (χ1v) is 7.12. The fourth-order valence-corrected chi connectivity index (χ4v) is 2.20. The van der Waals surface area contributed by atoms with Gasteiger partial charge in [-0.2, -0.15) is 5.10 Å². The van der Waals surface area contributed by atoms with Crippen LogP contribution in [0.2, 0.25) is 5.02 Å². The summed E-state index contributed by atoms with van der Waals surface area (Å²) < 4.78 is 1.40. The Labute approximate surface area is 118 Å². The molecule has 1 saturated carbocycles.